The Morgan fingerprint density at radius 3 is 2.73 bits per heavy atom. The van der Waals surface area contributed by atoms with Gasteiger partial charge in [-0.25, -0.2) is 9.97 Å². The summed E-state index contributed by atoms with van der Waals surface area (Å²) in [5.41, 5.74) is 7.68. The molecule has 0 unspecified atom stereocenters. The maximum Gasteiger partial charge on any atom is 0.180 e. The summed E-state index contributed by atoms with van der Waals surface area (Å²) in [6.07, 6.45) is 12.0. The van der Waals surface area contributed by atoms with Crippen molar-refractivity contribution in [1.29, 1.82) is 0 Å². The maximum absolute atomic E-state index is 4.73. The Morgan fingerprint density at radius 1 is 1.10 bits per heavy atom. The average molecular weight is 401 g/mol. The summed E-state index contributed by atoms with van der Waals surface area (Å²) >= 11 is 0. The Morgan fingerprint density at radius 2 is 1.97 bits per heavy atom. The average Bonchev–Trinajstić information content (AvgIpc) is 3.40. The fourth-order valence-corrected chi connectivity index (χ4v) is 4.38. The zero-order valence-corrected chi connectivity index (χ0v) is 17.7. The van der Waals surface area contributed by atoms with Crippen molar-refractivity contribution in [2.75, 3.05) is 25.0 Å². The van der Waals surface area contributed by atoms with Crippen LogP contribution < -0.4 is 5.32 Å². The van der Waals surface area contributed by atoms with Gasteiger partial charge in [0.15, 0.2) is 11.5 Å². The molecule has 0 radical (unpaired) electrons. The molecule has 2 aliphatic rings. The number of allylic oxidation sites excluding steroid dienone is 1. The predicted octanol–water partition coefficient (Wildman–Crippen LogP) is 4.54. The largest absolute Gasteiger partial charge is 0.337 e. The van der Waals surface area contributed by atoms with Crippen molar-refractivity contribution in [3.8, 4) is 0 Å². The summed E-state index contributed by atoms with van der Waals surface area (Å²) in [6.45, 7) is 8.42. The summed E-state index contributed by atoms with van der Waals surface area (Å²) in [4.78, 5) is 16.2. The van der Waals surface area contributed by atoms with E-state index in [0.29, 0.717) is 0 Å². The van der Waals surface area contributed by atoms with Gasteiger partial charge >= 0.3 is 0 Å². The molecule has 0 spiro atoms. The number of aryl methyl sites for hydroxylation is 2. The number of aromatic nitrogens is 3. The van der Waals surface area contributed by atoms with Crippen LogP contribution in [0.3, 0.4) is 0 Å². The standard InChI is InChI=1S/C24H28N6/c1-17-12-21(7-6-20(17)16-29-10-4-3-5-11-29)28-23-24-26-14-22(19-8-9-25-13-19)30(24)15-18(2)27-23/h6-8,12-15H,3-5,9-11,16H2,1-2H3,(H,27,28). The van der Waals surface area contributed by atoms with Crippen LogP contribution in [0, 0.1) is 13.8 Å². The molecule has 0 bridgehead atoms. The van der Waals surface area contributed by atoms with E-state index >= 15 is 0 Å². The normalized spacial score (nSPS) is 16.9. The van der Waals surface area contributed by atoms with E-state index in [1.165, 1.54) is 43.5 Å². The molecule has 6 nitrogen and oxygen atoms in total. The van der Waals surface area contributed by atoms with E-state index in [0.717, 1.165) is 47.2 Å². The van der Waals surface area contributed by atoms with Gasteiger partial charge in [-0.2, -0.15) is 0 Å². The molecule has 0 amide bonds. The van der Waals surface area contributed by atoms with Crippen LogP contribution in [-0.2, 0) is 6.54 Å². The lowest BCUT2D eigenvalue weighted by Crippen LogP contribution is -2.29. The number of likely N-dealkylation sites (tertiary alicyclic amines) is 1. The summed E-state index contributed by atoms with van der Waals surface area (Å²) < 4.78 is 2.10. The van der Waals surface area contributed by atoms with E-state index in [-0.39, 0.29) is 0 Å². The highest BCUT2D eigenvalue weighted by Crippen LogP contribution is 2.26. The van der Waals surface area contributed by atoms with Gasteiger partial charge in [0.25, 0.3) is 0 Å². The SMILES string of the molecule is Cc1cn2c(C3=CCN=C3)cnc2c(Nc2ccc(CN3CCCCC3)c(C)c2)n1. The van der Waals surface area contributed by atoms with Gasteiger partial charge in [-0.3, -0.25) is 14.3 Å². The first-order chi connectivity index (χ1) is 14.7. The van der Waals surface area contributed by atoms with Crippen LogP contribution >= 0.6 is 0 Å². The summed E-state index contributed by atoms with van der Waals surface area (Å²) in [7, 11) is 0. The first-order valence-corrected chi connectivity index (χ1v) is 10.8. The van der Waals surface area contributed by atoms with Gasteiger partial charge in [-0.05, 0) is 63.0 Å². The lowest BCUT2D eigenvalue weighted by molar-refractivity contribution is 0.220. The smallest absolute Gasteiger partial charge is 0.180 e. The number of aliphatic imine (C=N–C) groups is 1. The molecular formula is C24H28N6. The van der Waals surface area contributed by atoms with Gasteiger partial charge in [0.2, 0.25) is 0 Å². The number of hydrogen-bond acceptors (Lipinski definition) is 5. The van der Waals surface area contributed by atoms with Crippen molar-refractivity contribution >= 4 is 28.9 Å². The quantitative estimate of drug-likeness (QED) is 0.683. The number of hydrogen-bond donors (Lipinski definition) is 1. The van der Waals surface area contributed by atoms with Crippen LogP contribution in [0.15, 0.2) is 41.7 Å². The third kappa shape index (κ3) is 3.75. The summed E-state index contributed by atoms with van der Waals surface area (Å²) in [5, 5.41) is 3.50. The zero-order chi connectivity index (χ0) is 20.5. The van der Waals surface area contributed by atoms with Gasteiger partial charge in [-0.1, -0.05) is 18.6 Å². The number of piperidine rings is 1. The third-order valence-corrected chi connectivity index (χ3v) is 6.00. The minimum atomic E-state index is 0.737. The van der Waals surface area contributed by atoms with Crippen LogP contribution in [0.5, 0.6) is 0 Å². The highest BCUT2D eigenvalue weighted by molar-refractivity contribution is 6.11. The van der Waals surface area contributed by atoms with Gasteiger partial charge < -0.3 is 5.32 Å². The number of anilines is 2. The first-order valence-electron chi connectivity index (χ1n) is 10.8. The molecule has 0 atom stereocenters. The van der Waals surface area contributed by atoms with E-state index in [4.69, 9.17) is 4.98 Å². The van der Waals surface area contributed by atoms with Gasteiger partial charge in [0.05, 0.1) is 24.1 Å². The second-order valence-electron chi connectivity index (χ2n) is 8.32. The van der Waals surface area contributed by atoms with Crippen molar-refractivity contribution in [3.63, 3.8) is 0 Å². The molecule has 4 heterocycles. The lowest BCUT2D eigenvalue weighted by Gasteiger charge is -2.27. The Balaban J connectivity index is 1.41. The molecule has 0 aliphatic carbocycles. The van der Waals surface area contributed by atoms with E-state index in [9.17, 15) is 0 Å². The van der Waals surface area contributed by atoms with Crippen molar-refractivity contribution in [2.45, 2.75) is 39.7 Å². The maximum atomic E-state index is 4.73. The fourth-order valence-electron chi connectivity index (χ4n) is 4.38. The molecular weight excluding hydrogens is 372 g/mol. The molecule has 1 fully saturated rings. The number of fused-ring (bicyclic) bond motifs is 1. The molecule has 5 rings (SSSR count). The van der Waals surface area contributed by atoms with Crippen molar-refractivity contribution < 1.29 is 0 Å². The van der Waals surface area contributed by atoms with Gasteiger partial charge in [0.1, 0.15) is 0 Å². The van der Waals surface area contributed by atoms with Crippen LogP contribution in [-0.4, -0.2) is 45.1 Å². The van der Waals surface area contributed by atoms with E-state index < -0.39 is 0 Å². The Hall–Kier alpha value is -2.99. The molecule has 2 aliphatic heterocycles. The zero-order valence-electron chi connectivity index (χ0n) is 17.7. The van der Waals surface area contributed by atoms with Crippen molar-refractivity contribution in [1.82, 2.24) is 19.3 Å². The Labute approximate surface area is 177 Å². The molecule has 2 aromatic heterocycles. The summed E-state index contributed by atoms with van der Waals surface area (Å²) in [5.74, 6) is 0.778. The van der Waals surface area contributed by atoms with E-state index in [1.807, 2.05) is 25.5 Å². The molecule has 1 N–H and O–H groups in total. The topological polar surface area (TPSA) is 57.8 Å². The lowest BCUT2D eigenvalue weighted by atomic mass is 10.1. The number of rotatable bonds is 5. The molecule has 0 saturated carbocycles. The number of imidazole rings is 1. The third-order valence-electron chi connectivity index (χ3n) is 6.00. The Kier molecular flexibility index (Phi) is 5.09. The number of nitrogens with zero attached hydrogens (tertiary/aromatic N) is 5. The van der Waals surface area contributed by atoms with Gasteiger partial charge in [-0.15, -0.1) is 0 Å². The number of benzene rings is 1. The monoisotopic (exact) mass is 400 g/mol. The molecule has 1 saturated heterocycles. The van der Waals surface area contributed by atoms with E-state index in [2.05, 4.69) is 55.8 Å². The molecule has 30 heavy (non-hydrogen) atoms. The second kappa shape index (κ2) is 8.03. The molecule has 154 valence electrons. The highest BCUT2D eigenvalue weighted by atomic mass is 15.1. The molecule has 1 aromatic carbocycles. The highest BCUT2D eigenvalue weighted by Gasteiger charge is 2.15. The Bertz CT molecular complexity index is 1130. The van der Waals surface area contributed by atoms with Crippen molar-refractivity contribution in [3.05, 3.63) is 59.2 Å². The number of nitrogens with one attached hydrogen (secondary N) is 1. The van der Waals surface area contributed by atoms with E-state index in [1.54, 1.807) is 0 Å². The molecule has 6 heteroatoms. The van der Waals surface area contributed by atoms with Crippen LogP contribution in [0.4, 0.5) is 11.5 Å². The fraction of sp³-hybridized carbons (Fsp3) is 0.375. The van der Waals surface area contributed by atoms with Crippen molar-refractivity contribution in [2.24, 2.45) is 4.99 Å². The molecule has 3 aromatic rings. The second-order valence-corrected chi connectivity index (χ2v) is 8.32. The minimum absolute atomic E-state index is 0.737. The van der Waals surface area contributed by atoms with Crippen LogP contribution in [0.25, 0.3) is 11.2 Å². The van der Waals surface area contributed by atoms with Crippen LogP contribution in [0.1, 0.15) is 41.8 Å². The predicted molar refractivity (Wildman–Crippen MR) is 123 cm³/mol. The first kappa shape index (κ1) is 19.0. The summed E-state index contributed by atoms with van der Waals surface area (Å²) in [6, 6.07) is 6.62. The van der Waals surface area contributed by atoms with Gasteiger partial charge in [0, 0.05) is 30.2 Å². The van der Waals surface area contributed by atoms with Crippen LogP contribution in [0.2, 0.25) is 0 Å². The minimum Gasteiger partial charge on any atom is -0.337 e.